The number of phenolic OH excluding ortho intramolecular Hbond substituents is 1. The van der Waals surface area contributed by atoms with Crippen LogP contribution in [-0.4, -0.2) is 14.7 Å². The Kier molecular flexibility index (Phi) is 3.14. The van der Waals surface area contributed by atoms with Gasteiger partial charge in [-0.2, -0.15) is 0 Å². The molecule has 0 atom stereocenters. The van der Waals surface area contributed by atoms with Crippen molar-refractivity contribution in [2.24, 2.45) is 0 Å². The molecule has 0 aliphatic carbocycles. The Bertz CT molecular complexity index is 795. The van der Waals surface area contributed by atoms with Crippen molar-refractivity contribution in [2.45, 2.75) is 13.5 Å². The number of aromatic nitrogens is 2. The molecule has 1 aromatic heterocycles. The van der Waals surface area contributed by atoms with Crippen LogP contribution in [0.3, 0.4) is 0 Å². The molecule has 0 radical (unpaired) electrons. The molecule has 2 aromatic carbocycles. The van der Waals surface area contributed by atoms with Gasteiger partial charge in [0.05, 0.1) is 16.7 Å². The second kappa shape index (κ2) is 4.83. The van der Waals surface area contributed by atoms with Crippen LogP contribution in [0, 0.1) is 0 Å². The van der Waals surface area contributed by atoms with E-state index in [-0.39, 0.29) is 5.75 Å². The number of aryl methyl sites for hydroxylation is 1. The lowest BCUT2D eigenvalue weighted by Gasteiger charge is -2.07. The molecular weight excluding hydrogens is 318 g/mol. The lowest BCUT2D eigenvalue weighted by molar-refractivity contribution is 0.478. The van der Waals surface area contributed by atoms with Gasteiger partial charge in [-0.05, 0) is 43.3 Å². The minimum Gasteiger partial charge on any atom is -0.506 e. The summed E-state index contributed by atoms with van der Waals surface area (Å²) in [4.78, 5) is 4.68. The van der Waals surface area contributed by atoms with Crippen molar-refractivity contribution < 1.29 is 5.11 Å². The maximum atomic E-state index is 9.53. The number of nitrogen functional groups attached to an aromatic ring is 1. The minimum absolute atomic E-state index is 0.0932. The van der Waals surface area contributed by atoms with Crippen LogP contribution in [0.25, 0.3) is 22.4 Å². The first-order chi connectivity index (χ1) is 9.60. The number of hydrogen-bond acceptors (Lipinski definition) is 3. The Labute approximate surface area is 125 Å². The number of nitrogens with two attached hydrogens (primary N) is 1. The van der Waals surface area contributed by atoms with Crippen molar-refractivity contribution >= 4 is 32.7 Å². The monoisotopic (exact) mass is 331 g/mol. The minimum atomic E-state index is 0.0932. The summed E-state index contributed by atoms with van der Waals surface area (Å²) in [6.07, 6.45) is 0. The van der Waals surface area contributed by atoms with Gasteiger partial charge in [-0.1, -0.05) is 15.9 Å². The van der Waals surface area contributed by atoms with Gasteiger partial charge >= 0.3 is 0 Å². The molecule has 3 aromatic rings. The Morgan fingerprint density at radius 3 is 2.75 bits per heavy atom. The molecule has 3 rings (SSSR count). The van der Waals surface area contributed by atoms with Crippen molar-refractivity contribution in [3.05, 3.63) is 40.9 Å². The molecule has 0 saturated heterocycles. The molecule has 0 unspecified atom stereocenters. The summed E-state index contributed by atoms with van der Waals surface area (Å²) in [6.45, 7) is 2.89. The number of nitrogens with zero attached hydrogens (tertiary/aromatic N) is 2. The first-order valence-electron chi connectivity index (χ1n) is 6.35. The zero-order chi connectivity index (χ0) is 14.3. The number of anilines is 1. The van der Waals surface area contributed by atoms with E-state index in [0.29, 0.717) is 5.69 Å². The van der Waals surface area contributed by atoms with Crippen molar-refractivity contribution in [3.8, 4) is 17.1 Å². The van der Waals surface area contributed by atoms with Crippen LogP contribution in [0.4, 0.5) is 5.69 Å². The Hall–Kier alpha value is -2.01. The predicted molar refractivity (Wildman–Crippen MR) is 84.6 cm³/mol. The summed E-state index contributed by atoms with van der Waals surface area (Å²) < 4.78 is 3.13. The number of benzene rings is 2. The molecule has 3 N–H and O–H groups in total. The van der Waals surface area contributed by atoms with E-state index in [1.165, 1.54) is 0 Å². The van der Waals surface area contributed by atoms with E-state index in [9.17, 15) is 5.11 Å². The average Bonchev–Trinajstić information content (AvgIpc) is 2.79. The molecule has 0 amide bonds. The molecule has 0 saturated carbocycles. The fraction of sp³-hybridized carbons (Fsp3) is 0.133. The van der Waals surface area contributed by atoms with Crippen molar-refractivity contribution in [1.82, 2.24) is 9.55 Å². The van der Waals surface area contributed by atoms with Gasteiger partial charge in [0.2, 0.25) is 0 Å². The normalized spacial score (nSPS) is 11.1. The zero-order valence-electron chi connectivity index (χ0n) is 11.0. The maximum Gasteiger partial charge on any atom is 0.141 e. The molecule has 0 bridgehead atoms. The average molecular weight is 332 g/mol. The third-order valence-electron chi connectivity index (χ3n) is 3.31. The summed E-state index contributed by atoms with van der Waals surface area (Å²) in [5.41, 5.74) is 9.04. The number of fused-ring (bicyclic) bond motifs is 1. The highest BCUT2D eigenvalue weighted by atomic mass is 79.9. The van der Waals surface area contributed by atoms with Crippen LogP contribution in [0.2, 0.25) is 0 Å². The number of rotatable bonds is 2. The highest BCUT2D eigenvalue weighted by Crippen LogP contribution is 2.30. The molecule has 0 fully saturated rings. The first-order valence-corrected chi connectivity index (χ1v) is 7.14. The highest BCUT2D eigenvalue weighted by molar-refractivity contribution is 9.10. The van der Waals surface area contributed by atoms with Crippen LogP contribution in [0.15, 0.2) is 40.9 Å². The van der Waals surface area contributed by atoms with E-state index < -0.39 is 0 Å². The van der Waals surface area contributed by atoms with Crippen LogP contribution in [-0.2, 0) is 6.54 Å². The molecule has 4 nitrogen and oxygen atoms in total. The number of imidazole rings is 1. The molecule has 102 valence electrons. The SMILES string of the molecule is CCn1c(-c2ccc(O)c(N)c2)nc2cc(Br)ccc21. The lowest BCUT2D eigenvalue weighted by Crippen LogP contribution is -1.98. The summed E-state index contributed by atoms with van der Waals surface area (Å²) in [7, 11) is 0. The largest absolute Gasteiger partial charge is 0.506 e. The van der Waals surface area contributed by atoms with E-state index in [1.54, 1.807) is 12.1 Å². The van der Waals surface area contributed by atoms with E-state index in [2.05, 4.69) is 32.4 Å². The summed E-state index contributed by atoms with van der Waals surface area (Å²) >= 11 is 3.46. The van der Waals surface area contributed by atoms with Gasteiger partial charge in [0.25, 0.3) is 0 Å². The first kappa shape index (κ1) is 13.0. The van der Waals surface area contributed by atoms with E-state index in [0.717, 1.165) is 33.4 Å². The van der Waals surface area contributed by atoms with Crippen molar-refractivity contribution in [2.75, 3.05) is 5.73 Å². The quantitative estimate of drug-likeness (QED) is 0.555. The highest BCUT2D eigenvalue weighted by Gasteiger charge is 2.12. The number of hydrogen-bond donors (Lipinski definition) is 2. The van der Waals surface area contributed by atoms with Crippen LogP contribution in [0.1, 0.15) is 6.92 Å². The van der Waals surface area contributed by atoms with E-state index in [4.69, 9.17) is 5.73 Å². The third-order valence-corrected chi connectivity index (χ3v) is 3.81. The molecule has 5 heteroatoms. The number of aromatic hydroxyl groups is 1. The molecule has 20 heavy (non-hydrogen) atoms. The van der Waals surface area contributed by atoms with Crippen molar-refractivity contribution in [3.63, 3.8) is 0 Å². The van der Waals surface area contributed by atoms with Gasteiger partial charge in [-0.15, -0.1) is 0 Å². The second-order valence-electron chi connectivity index (χ2n) is 4.59. The van der Waals surface area contributed by atoms with Crippen LogP contribution < -0.4 is 5.73 Å². The molecule has 0 aliphatic heterocycles. The van der Waals surface area contributed by atoms with Gasteiger partial charge < -0.3 is 15.4 Å². The summed E-state index contributed by atoms with van der Waals surface area (Å²) in [5.74, 6) is 0.947. The Morgan fingerprint density at radius 1 is 1.25 bits per heavy atom. The number of halogens is 1. The molecule has 1 heterocycles. The third kappa shape index (κ3) is 2.04. The van der Waals surface area contributed by atoms with Gasteiger partial charge in [-0.3, -0.25) is 0 Å². The van der Waals surface area contributed by atoms with E-state index >= 15 is 0 Å². The van der Waals surface area contributed by atoms with Crippen LogP contribution in [0.5, 0.6) is 5.75 Å². The van der Waals surface area contributed by atoms with E-state index in [1.807, 2.05) is 24.3 Å². The zero-order valence-corrected chi connectivity index (χ0v) is 12.6. The van der Waals surface area contributed by atoms with Gasteiger partial charge in [0, 0.05) is 16.6 Å². The molecular formula is C15H14BrN3O. The summed E-state index contributed by atoms with van der Waals surface area (Å²) in [6, 6.07) is 11.2. The maximum absolute atomic E-state index is 9.53. The Morgan fingerprint density at radius 2 is 2.05 bits per heavy atom. The Balaban J connectivity index is 2.26. The fourth-order valence-electron chi connectivity index (χ4n) is 2.34. The predicted octanol–water partition coefficient (Wildman–Crippen LogP) is 3.77. The van der Waals surface area contributed by atoms with Gasteiger partial charge in [-0.25, -0.2) is 4.98 Å². The van der Waals surface area contributed by atoms with Crippen molar-refractivity contribution in [1.29, 1.82) is 0 Å². The second-order valence-corrected chi connectivity index (χ2v) is 5.50. The lowest BCUT2D eigenvalue weighted by atomic mass is 10.2. The van der Waals surface area contributed by atoms with Crippen LogP contribution >= 0.6 is 15.9 Å². The van der Waals surface area contributed by atoms with Gasteiger partial charge in [0.15, 0.2) is 0 Å². The molecule has 0 spiro atoms. The standard InChI is InChI=1S/C15H14BrN3O/c1-2-19-13-5-4-10(16)8-12(13)18-15(19)9-3-6-14(20)11(17)7-9/h3-8,20H,2,17H2,1H3. The number of phenols is 1. The smallest absolute Gasteiger partial charge is 0.141 e. The molecule has 0 aliphatic rings. The fourth-order valence-corrected chi connectivity index (χ4v) is 2.69. The van der Waals surface area contributed by atoms with Gasteiger partial charge in [0.1, 0.15) is 11.6 Å². The topological polar surface area (TPSA) is 64.1 Å². The summed E-state index contributed by atoms with van der Waals surface area (Å²) in [5, 5.41) is 9.53.